The summed E-state index contributed by atoms with van der Waals surface area (Å²) in [5.74, 6) is 0.428. The Kier molecular flexibility index (Phi) is 1.63. The van der Waals surface area contributed by atoms with Crippen molar-refractivity contribution in [2.45, 2.75) is 24.4 Å². The maximum atomic E-state index is 11.0. The van der Waals surface area contributed by atoms with Crippen LogP contribution in [0.5, 0.6) is 0 Å². The second-order valence-electron chi connectivity index (χ2n) is 4.60. The molecule has 0 aromatic carbocycles. The summed E-state index contributed by atoms with van der Waals surface area (Å²) < 4.78 is 23.8. The molecule has 2 aliphatic rings. The molecule has 2 N–H and O–H groups in total. The van der Waals surface area contributed by atoms with Gasteiger partial charge in [0.2, 0.25) is 0 Å². The molecule has 1 saturated heterocycles. The second kappa shape index (κ2) is 2.62. The summed E-state index contributed by atoms with van der Waals surface area (Å²) in [7, 11) is -2.78. The van der Waals surface area contributed by atoms with Gasteiger partial charge in [-0.05, 0) is 12.8 Å². The summed E-state index contributed by atoms with van der Waals surface area (Å²) in [5.41, 5.74) is 6.88. The summed E-state index contributed by atoms with van der Waals surface area (Å²) in [4.78, 5) is 0. The molecule has 82 valence electrons. The molecule has 1 aromatic heterocycles. The van der Waals surface area contributed by atoms with Crippen molar-refractivity contribution in [3.63, 3.8) is 0 Å². The van der Waals surface area contributed by atoms with Gasteiger partial charge in [0.15, 0.2) is 9.84 Å². The van der Waals surface area contributed by atoms with Crippen molar-refractivity contribution in [1.82, 2.24) is 9.78 Å². The molecule has 5 nitrogen and oxygen atoms in total. The zero-order chi connectivity index (χ0) is 10.7. The fourth-order valence-electron chi connectivity index (χ4n) is 1.91. The molecular weight excluding hydrogens is 214 g/mol. The number of aromatic nitrogens is 2. The number of nitrogens with zero attached hydrogens (tertiary/aromatic N) is 2. The van der Waals surface area contributed by atoms with Crippen LogP contribution in [0.2, 0.25) is 0 Å². The zero-order valence-corrected chi connectivity index (χ0v) is 9.07. The first-order chi connectivity index (χ1) is 6.99. The maximum Gasteiger partial charge on any atom is 0.154 e. The SMILES string of the molecule is NC1(c2cnn(C3CS(=O)(=O)C3)c2)CC1. The minimum atomic E-state index is -2.78. The third-order valence-corrected chi connectivity index (χ3v) is 5.02. The lowest BCUT2D eigenvalue weighted by Crippen LogP contribution is -2.38. The van der Waals surface area contributed by atoms with Crippen LogP contribution in [0.15, 0.2) is 12.4 Å². The van der Waals surface area contributed by atoms with E-state index in [9.17, 15) is 8.42 Å². The van der Waals surface area contributed by atoms with E-state index in [0.29, 0.717) is 0 Å². The van der Waals surface area contributed by atoms with E-state index in [1.54, 1.807) is 10.9 Å². The van der Waals surface area contributed by atoms with E-state index in [4.69, 9.17) is 5.73 Å². The van der Waals surface area contributed by atoms with Gasteiger partial charge in [0.1, 0.15) is 0 Å². The standard InChI is InChI=1S/C9H13N3O2S/c10-9(1-2-9)7-3-11-12(4-7)8-5-15(13,14)6-8/h3-4,8H,1-2,5-6,10H2. The Bertz CT molecular complexity index is 489. The number of sulfone groups is 1. The van der Waals surface area contributed by atoms with Crippen molar-refractivity contribution in [2.24, 2.45) is 5.73 Å². The highest BCUT2D eigenvalue weighted by molar-refractivity contribution is 7.92. The van der Waals surface area contributed by atoms with Crippen molar-refractivity contribution in [3.8, 4) is 0 Å². The van der Waals surface area contributed by atoms with E-state index in [1.807, 2.05) is 6.20 Å². The van der Waals surface area contributed by atoms with Crippen LogP contribution in [0, 0.1) is 0 Å². The van der Waals surface area contributed by atoms with E-state index in [2.05, 4.69) is 5.10 Å². The van der Waals surface area contributed by atoms with E-state index in [-0.39, 0.29) is 23.1 Å². The first kappa shape index (κ1) is 9.35. The average Bonchev–Trinajstić information content (AvgIpc) is 2.69. The van der Waals surface area contributed by atoms with Crippen LogP contribution >= 0.6 is 0 Å². The van der Waals surface area contributed by atoms with Crippen LogP contribution in [-0.4, -0.2) is 29.7 Å². The monoisotopic (exact) mass is 227 g/mol. The normalized spacial score (nSPS) is 27.3. The Morgan fingerprint density at radius 2 is 2.13 bits per heavy atom. The van der Waals surface area contributed by atoms with Gasteiger partial charge in [0.05, 0.1) is 23.7 Å². The molecule has 2 heterocycles. The number of hydrogen-bond donors (Lipinski definition) is 1. The molecule has 0 bridgehead atoms. The topological polar surface area (TPSA) is 78.0 Å². The fourth-order valence-corrected chi connectivity index (χ4v) is 3.29. The van der Waals surface area contributed by atoms with Gasteiger partial charge in [-0.25, -0.2) is 8.42 Å². The number of hydrogen-bond acceptors (Lipinski definition) is 4. The smallest absolute Gasteiger partial charge is 0.154 e. The Balaban J connectivity index is 1.80. The summed E-state index contributed by atoms with van der Waals surface area (Å²) in [6.45, 7) is 0. The molecule has 1 saturated carbocycles. The van der Waals surface area contributed by atoms with Crippen molar-refractivity contribution in [1.29, 1.82) is 0 Å². The van der Waals surface area contributed by atoms with Gasteiger partial charge in [0, 0.05) is 17.3 Å². The largest absolute Gasteiger partial charge is 0.321 e. The van der Waals surface area contributed by atoms with Gasteiger partial charge in [-0.15, -0.1) is 0 Å². The average molecular weight is 227 g/mol. The Morgan fingerprint density at radius 1 is 1.47 bits per heavy atom. The molecule has 0 spiro atoms. The van der Waals surface area contributed by atoms with E-state index >= 15 is 0 Å². The lowest BCUT2D eigenvalue weighted by Gasteiger charge is -2.25. The van der Waals surface area contributed by atoms with Crippen LogP contribution in [0.4, 0.5) is 0 Å². The van der Waals surface area contributed by atoms with Gasteiger partial charge in [0.25, 0.3) is 0 Å². The van der Waals surface area contributed by atoms with Gasteiger partial charge in [-0.3, -0.25) is 4.68 Å². The Morgan fingerprint density at radius 3 is 2.67 bits per heavy atom. The fraction of sp³-hybridized carbons (Fsp3) is 0.667. The molecule has 1 aliphatic carbocycles. The third kappa shape index (κ3) is 1.48. The van der Waals surface area contributed by atoms with Crippen LogP contribution in [0.25, 0.3) is 0 Å². The second-order valence-corrected chi connectivity index (χ2v) is 6.75. The predicted molar refractivity (Wildman–Crippen MR) is 55.0 cm³/mol. The molecule has 0 radical (unpaired) electrons. The molecule has 15 heavy (non-hydrogen) atoms. The first-order valence-corrected chi connectivity index (χ1v) is 6.85. The molecule has 1 aromatic rings. The first-order valence-electron chi connectivity index (χ1n) is 5.02. The number of rotatable bonds is 2. The van der Waals surface area contributed by atoms with Gasteiger partial charge in [-0.1, -0.05) is 0 Å². The maximum absolute atomic E-state index is 11.0. The van der Waals surface area contributed by atoms with Crippen LogP contribution in [0.3, 0.4) is 0 Å². The highest BCUT2D eigenvalue weighted by Crippen LogP contribution is 2.42. The van der Waals surface area contributed by atoms with Crippen LogP contribution in [-0.2, 0) is 15.4 Å². The summed E-state index contributed by atoms with van der Waals surface area (Å²) >= 11 is 0. The van der Waals surface area contributed by atoms with Crippen molar-refractivity contribution < 1.29 is 8.42 Å². The highest BCUT2D eigenvalue weighted by Gasteiger charge is 2.42. The lowest BCUT2D eigenvalue weighted by molar-refractivity contribution is 0.473. The van der Waals surface area contributed by atoms with Crippen molar-refractivity contribution >= 4 is 9.84 Å². The highest BCUT2D eigenvalue weighted by atomic mass is 32.2. The molecule has 6 heteroatoms. The van der Waals surface area contributed by atoms with Crippen LogP contribution < -0.4 is 5.73 Å². The Labute approximate surface area is 88.2 Å². The molecule has 0 amide bonds. The molecule has 0 atom stereocenters. The summed E-state index contributed by atoms with van der Waals surface area (Å²) in [6.07, 6.45) is 5.66. The summed E-state index contributed by atoms with van der Waals surface area (Å²) in [6, 6.07) is 0.0195. The van der Waals surface area contributed by atoms with Gasteiger partial charge >= 0.3 is 0 Å². The Hall–Kier alpha value is -0.880. The summed E-state index contributed by atoms with van der Waals surface area (Å²) in [5, 5.41) is 4.18. The van der Waals surface area contributed by atoms with Crippen molar-refractivity contribution in [3.05, 3.63) is 18.0 Å². The van der Waals surface area contributed by atoms with Gasteiger partial charge in [-0.2, -0.15) is 5.10 Å². The molecule has 2 fully saturated rings. The molecule has 3 rings (SSSR count). The predicted octanol–water partition coefficient (Wildman–Crippen LogP) is -0.200. The van der Waals surface area contributed by atoms with Gasteiger partial charge < -0.3 is 5.73 Å². The minimum absolute atomic E-state index is 0.0195. The zero-order valence-electron chi connectivity index (χ0n) is 8.26. The molecule has 0 unspecified atom stereocenters. The van der Waals surface area contributed by atoms with E-state index in [0.717, 1.165) is 18.4 Å². The number of nitrogens with two attached hydrogens (primary N) is 1. The molecular formula is C9H13N3O2S. The van der Waals surface area contributed by atoms with Crippen LogP contribution in [0.1, 0.15) is 24.4 Å². The minimum Gasteiger partial charge on any atom is -0.321 e. The molecule has 1 aliphatic heterocycles. The van der Waals surface area contributed by atoms with E-state index < -0.39 is 9.84 Å². The van der Waals surface area contributed by atoms with Crippen molar-refractivity contribution in [2.75, 3.05) is 11.5 Å². The lowest BCUT2D eigenvalue weighted by atomic mass is 10.1. The van der Waals surface area contributed by atoms with E-state index in [1.165, 1.54) is 0 Å². The third-order valence-electron chi connectivity index (χ3n) is 3.23. The quantitative estimate of drug-likeness (QED) is 0.759.